The summed E-state index contributed by atoms with van der Waals surface area (Å²) in [5.41, 5.74) is 1.79. The van der Waals surface area contributed by atoms with Crippen molar-refractivity contribution in [2.45, 2.75) is 30.4 Å². The maximum absolute atomic E-state index is 11.3. The quantitative estimate of drug-likeness (QED) is 0.597. The zero-order chi connectivity index (χ0) is 19.9. The number of sulfonamides is 1. The molecule has 0 aromatic heterocycles. The second-order valence-corrected chi connectivity index (χ2v) is 7.75. The fraction of sp³-hybridized carbons (Fsp3) is 0.316. The number of nitrogens with one attached hydrogen (secondary N) is 1. The molecule has 8 heteroatoms. The molecule has 0 spiro atoms. The Morgan fingerprint density at radius 3 is 2.37 bits per heavy atom. The molecule has 0 radical (unpaired) electrons. The topological polar surface area (TPSA) is 125 Å². The van der Waals surface area contributed by atoms with E-state index in [1.54, 1.807) is 24.3 Å². The maximum atomic E-state index is 11.3. The van der Waals surface area contributed by atoms with Crippen LogP contribution in [0.15, 0.2) is 53.4 Å². The number of ether oxygens (including phenoxy) is 1. The molecule has 2 rings (SSSR count). The largest absolute Gasteiger partial charge is 0.491 e. The zero-order valence-corrected chi connectivity index (χ0v) is 15.8. The third-order valence-corrected chi connectivity index (χ3v) is 4.95. The minimum absolute atomic E-state index is 0.0627. The molecule has 27 heavy (non-hydrogen) atoms. The molecule has 0 aliphatic heterocycles. The van der Waals surface area contributed by atoms with Crippen molar-refractivity contribution in [3.8, 4) is 11.8 Å². The molecule has 0 saturated heterocycles. The Bertz CT molecular complexity index is 875. The van der Waals surface area contributed by atoms with Gasteiger partial charge in [0.25, 0.3) is 0 Å². The molecule has 2 aromatic rings. The Hall–Kier alpha value is -2.44. The van der Waals surface area contributed by atoms with Crippen LogP contribution in [-0.2, 0) is 16.4 Å². The van der Waals surface area contributed by atoms with Gasteiger partial charge in [0.15, 0.2) is 0 Å². The number of hydrogen-bond acceptors (Lipinski definition) is 6. The highest BCUT2D eigenvalue weighted by molar-refractivity contribution is 7.89. The van der Waals surface area contributed by atoms with Crippen LogP contribution in [0.1, 0.15) is 24.1 Å². The van der Waals surface area contributed by atoms with E-state index in [2.05, 4.69) is 11.4 Å². The first-order valence-corrected chi connectivity index (χ1v) is 9.97. The van der Waals surface area contributed by atoms with Crippen molar-refractivity contribution in [3.05, 3.63) is 59.7 Å². The second kappa shape index (κ2) is 9.48. The summed E-state index contributed by atoms with van der Waals surface area (Å²) in [7, 11) is -3.70. The van der Waals surface area contributed by atoms with Crippen molar-refractivity contribution >= 4 is 10.0 Å². The lowest BCUT2D eigenvalue weighted by Crippen LogP contribution is -2.33. The summed E-state index contributed by atoms with van der Waals surface area (Å²) < 4.78 is 28.1. The van der Waals surface area contributed by atoms with E-state index in [9.17, 15) is 13.5 Å². The number of nitrogens with zero attached hydrogens (tertiary/aromatic N) is 1. The van der Waals surface area contributed by atoms with Crippen molar-refractivity contribution in [2.24, 2.45) is 5.14 Å². The van der Waals surface area contributed by atoms with Gasteiger partial charge in [0.1, 0.15) is 18.5 Å². The number of primary sulfonamides is 1. The van der Waals surface area contributed by atoms with Gasteiger partial charge in [-0.3, -0.25) is 0 Å². The lowest BCUT2D eigenvalue weighted by Gasteiger charge is -2.18. The molecule has 2 atom stereocenters. The van der Waals surface area contributed by atoms with Crippen molar-refractivity contribution in [2.75, 3.05) is 13.2 Å². The molecule has 0 bridgehead atoms. The minimum Gasteiger partial charge on any atom is -0.491 e. The van der Waals surface area contributed by atoms with Gasteiger partial charge in [0, 0.05) is 12.6 Å². The highest BCUT2D eigenvalue weighted by Crippen LogP contribution is 2.16. The van der Waals surface area contributed by atoms with Crippen LogP contribution in [0, 0.1) is 11.3 Å². The smallest absolute Gasteiger partial charge is 0.238 e. The first kappa shape index (κ1) is 20.9. The predicted octanol–water partition coefficient (Wildman–Crippen LogP) is 1.49. The summed E-state index contributed by atoms with van der Waals surface area (Å²) in [6.07, 6.45) is -0.363. The molecule has 7 nitrogen and oxygen atoms in total. The second-order valence-electron chi connectivity index (χ2n) is 6.19. The van der Waals surface area contributed by atoms with Gasteiger partial charge in [0.2, 0.25) is 10.0 Å². The lowest BCUT2D eigenvalue weighted by molar-refractivity contribution is 0.104. The average molecular weight is 389 g/mol. The summed E-state index contributed by atoms with van der Waals surface area (Å²) in [6.45, 7) is 2.35. The van der Waals surface area contributed by atoms with Crippen LogP contribution < -0.4 is 15.2 Å². The number of aliphatic hydroxyl groups excluding tert-OH is 1. The fourth-order valence-electron chi connectivity index (χ4n) is 2.42. The number of aliphatic hydroxyl groups is 1. The van der Waals surface area contributed by atoms with Gasteiger partial charge >= 0.3 is 0 Å². The number of nitriles is 1. The number of rotatable bonds is 9. The molecule has 0 aliphatic rings. The van der Waals surface area contributed by atoms with Crippen LogP contribution in [0.3, 0.4) is 0 Å². The normalized spacial score (nSPS) is 13.6. The monoisotopic (exact) mass is 389 g/mol. The van der Waals surface area contributed by atoms with E-state index in [-0.39, 0.29) is 17.5 Å². The summed E-state index contributed by atoms with van der Waals surface area (Å²) in [4.78, 5) is 0.0627. The van der Waals surface area contributed by atoms with E-state index in [4.69, 9.17) is 15.1 Å². The Labute approximate surface area is 159 Å². The van der Waals surface area contributed by atoms with Crippen molar-refractivity contribution in [1.82, 2.24) is 5.32 Å². The van der Waals surface area contributed by atoms with Gasteiger partial charge < -0.3 is 15.2 Å². The molecule has 4 N–H and O–H groups in total. The third-order valence-electron chi connectivity index (χ3n) is 4.02. The van der Waals surface area contributed by atoms with Gasteiger partial charge in [-0.15, -0.1) is 0 Å². The highest BCUT2D eigenvalue weighted by atomic mass is 32.2. The summed E-state index contributed by atoms with van der Waals surface area (Å²) in [5.74, 6) is 0.627. The van der Waals surface area contributed by atoms with Gasteiger partial charge in [-0.05, 0) is 42.3 Å². The molecule has 0 fully saturated rings. The van der Waals surface area contributed by atoms with E-state index in [0.29, 0.717) is 18.7 Å². The molecular weight excluding hydrogens is 366 g/mol. The van der Waals surface area contributed by atoms with Crippen LogP contribution >= 0.6 is 0 Å². The average Bonchev–Trinajstić information content (AvgIpc) is 2.65. The summed E-state index contributed by atoms with van der Waals surface area (Å²) in [6, 6.07) is 15.4. The van der Waals surface area contributed by atoms with Crippen LogP contribution in [0.4, 0.5) is 0 Å². The molecule has 2 aromatic carbocycles. The number of hydrogen-bond donors (Lipinski definition) is 3. The van der Waals surface area contributed by atoms with E-state index in [1.165, 1.54) is 12.1 Å². The Morgan fingerprint density at radius 2 is 1.81 bits per heavy atom. The standard InChI is InChI=1S/C19H23N3O4S/c1-14(16-4-8-19(9-5-16)27(21,24)25)22-12-17(23)13-26-18-6-2-15(3-7-18)10-11-20/h2-9,14,17,22-23H,10,12-13H2,1H3,(H2,21,24,25). The van der Waals surface area contributed by atoms with E-state index in [0.717, 1.165) is 11.1 Å². The van der Waals surface area contributed by atoms with Gasteiger partial charge in [-0.25, -0.2) is 13.6 Å². The molecule has 144 valence electrons. The van der Waals surface area contributed by atoms with Crippen molar-refractivity contribution < 1.29 is 18.3 Å². The van der Waals surface area contributed by atoms with Gasteiger partial charge in [-0.2, -0.15) is 5.26 Å². The van der Waals surface area contributed by atoms with E-state index in [1.807, 2.05) is 19.1 Å². The SMILES string of the molecule is CC(NCC(O)COc1ccc(CC#N)cc1)c1ccc(S(N)(=O)=O)cc1. The fourth-order valence-corrected chi connectivity index (χ4v) is 2.94. The van der Waals surface area contributed by atoms with Crippen molar-refractivity contribution in [1.29, 1.82) is 5.26 Å². The van der Waals surface area contributed by atoms with Gasteiger partial charge in [0.05, 0.1) is 17.4 Å². The van der Waals surface area contributed by atoms with Crippen LogP contribution in [0.2, 0.25) is 0 Å². The summed E-state index contributed by atoms with van der Waals surface area (Å²) >= 11 is 0. The summed E-state index contributed by atoms with van der Waals surface area (Å²) in [5, 5.41) is 27.0. The molecule has 2 unspecified atom stereocenters. The molecule has 0 heterocycles. The molecule has 0 aliphatic carbocycles. The van der Waals surface area contributed by atoms with Gasteiger partial charge in [-0.1, -0.05) is 24.3 Å². The van der Waals surface area contributed by atoms with E-state index >= 15 is 0 Å². The van der Waals surface area contributed by atoms with Crippen LogP contribution in [0.25, 0.3) is 0 Å². The zero-order valence-electron chi connectivity index (χ0n) is 15.0. The lowest BCUT2D eigenvalue weighted by atomic mass is 10.1. The number of benzene rings is 2. The Kier molecular flexibility index (Phi) is 7.33. The predicted molar refractivity (Wildman–Crippen MR) is 101 cm³/mol. The Balaban J connectivity index is 1.79. The van der Waals surface area contributed by atoms with Crippen LogP contribution in [0.5, 0.6) is 5.75 Å². The molecular formula is C19H23N3O4S. The first-order valence-electron chi connectivity index (χ1n) is 8.42. The highest BCUT2D eigenvalue weighted by Gasteiger charge is 2.12. The molecule has 0 saturated carbocycles. The Morgan fingerprint density at radius 1 is 1.19 bits per heavy atom. The maximum Gasteiger partial charge on any atom is 0.238 e. The van der Waals surface area contributed by atoms with E-state index < -0.39 is 16.1 Å². The van der Waals surface area contributed by atoms with Crippen LogP contribution in [-0.4, -0.2) is 32.8 Å². The first-order chi connectivity index (χ1) is 12.8. The number of nitrogens with two attached hydrogens (primary N) is 1. The molecule has 0 amide bonds. The minimum atomic E-state index is -3.70. The third kappa shape index (κ3) is 6.66. The van der Waals surface area contributed by atoms with Crippen molar-refractivity contribution in [3.63, 3.8) is 0 Å².